The number of anilines is 1. The van der Waals surface area contributed by atoms with Gasteiger partial charge in [-0.05, 0) is 24.8 Å². The molecule has 1 aromatic heterocycles. The number of carbonyl (C=O) groups excluding carboxylic acids is 1. The summed E-state index contributed by atoms with van der Waals surface area (Å²) >= 11 is 1.44. The van der Waals surface area contributed by atoms with Gasteiger partial charge in [0.1, 0.15) is 11.1 Å². The van der Waals surface area contributed by atoms with Gasteiger partial charge in [0.2, 0.25) is 5.91 Å². The molecule has 0 saturated carbocycles. The van der Waals surface area contributed by atoms with E-state index in [0.717, 1.165) is 29.7 Å². The first kappa shape index (κ1) is 15.8. The Morgan fingerprint density at radius 2 is 2.38 bits per heavy atom. The van der Waals surface area contributed by atoms with Crippen LogP contribution in [0.3, 0.4) is 0 Å². The molecule has 0 aliphatic carbocycles. The van der Waals surface area contributed by atoms with Crippen molar-refractivity contribution in [3.05, 3.63) is 16.0 Å². The second-order valence-electron chi connectivity index (χ2n) is 5.40. The number of fused-ring (bicyclic) bond motifs is 1. The van der Waals surface area contributed by atoms with Crippen LogP contribution in [0.4, 0.5) is 5.00 Å². The minimum absolute atomic E-state index is 0.00875. The van der Waals surface area contributed by atoms with E-state index in [0.29, 0.717) is 30.3 Å². The SMILES string of the molecule is COCCC[C@H](C)C(=O)N1CCc2c(sc(N)c2C#N)C1. The Hall–Kier alpha value is -1.58. The molecule has 1 aliphatic rings. The van der Waals surface area contributed by atoms with E-state index in [-0.39, 0.29) is 11.8 Å². The van der Waals surface area contributed by atoms with Crippen molar-refractivity contribution in [1.29, 1.82) is 5.26 Å². The molecule has 0 aromatic carbocycles. The summed E-state index contributed by atoms with van der Waals surface area (Å²) in [6.45, 7) is 3.91. The molecule has 21 heavy (non-hydrogen) atoms. The van der Waals surface area contributed by atoms with Gasteiger partial charge in [-0.15, -0.1) is 11.3 Å². The zero-order valence-corrected chi connectivity index (χ0v) is 13.3. The molecule has 1 amide bonds. The van der Waals surface area contributed by atoms with E-state index in [2.05, 4.69) is 6.07 Å². The van der Waals surface area contributed by atoms with Crippen molar-refractivity contribution >= 4 is 22.2 Å². The molecule has 0 bridgehead atoms. The number of nitrogen functional groups attached to an aromatic ring is 1. The molecule has 5 nitrogen and oxygen atoms in total. The largest absolute Gasteiger partial charge is 0.389 e. The first-order valence-electron chi connectivity index (χ1n) is 7.16. The van der Waals surface area contributed by atoms with Crippen molar-refractivity contribution in [3.63, 3.8) is 0 Å². The first-order valence-corrected chi connectivity index (χ1v) is 7.98. The lowest BCUT2D eigenvalue weighted by Crippen LogP contribution is -2.38. The van der Waals surface area contributed by atoms with Crippen LogP contribution in [0, 0.1) is 17.2 Å². The maximum absolute atomic E-state index is 12.5. The highest BCUT2D eigenvalue weighted by molar-refractivity contribution is 7.16. The van der Waals surface area contributed by atoms with Gasteiger partial charge < -0.3 is 15.4 Å². The van der Waals surface area contributed by atoms with Gasteiger partial charge in [0.15, 0.2) is 0 Å². The van der Waals surface area contributed by atoms with E-state index >= 15 is 0 Å². The Balaban J connectivity index is 2.01. The van der Waals surface area contributed by atoms with Crippen molar-refractivity contribution in [1.82, 2.24) is 4.90 Å². The van der Waals surface area contributed by atoms with E-state index in [1.165, 1.54) is 11.3 Å². The van der Waals surface area contributed by atoms with Gasteiger partial charge in [-0.1, -0.05) is 6.92 Å². The molecule has 0 unspecified atom stereocenters. The highest BCUT2D eigenvalue weighted by Crippen LogP contribution is 2.34. The molecule has 1 aromatic rings. The van der Waals surface area contributed by atoms with Gasteiger partial charge >= 0.3 is 0 Å². The monoisotopic (exact) mass is 307 g/mol. The number of hydrogen-bond acceptors (Lipinski definition) is 5. The third-order valence-electron chi connectivity index (χ3n) is 3.91. The average Bonchev–Trinajstić information content (AvgIpc) is 2.80. The number of nitrogens with two attached hydrogens (primary N) is 1. The summed E-state index contributed by atoms with van der Waals surface area (Å²) in [5, 5.41) is 9.71. The lowest BCUT2D eigenvalue weighted by atomic mass is 10.00. The van der Waals surface area contributed by atoms with E-state index in [1.54, 1.807) is 7.11 Å². The molecule has 2 N–H and O–H groups in total. The number of carbonyl (C=O) groups is 1. The van der Waals surface area contributed by atoms with Crippen LogP contribution in [0.1, 0.15) is 35.8 Å². The maximum atomic E-state index is 12.5. The molecule has 1 aliphatic heterocycles. The standard InChI is InChI=1S/C15H21N3O2S/c1-10(4-3-7-20-2)15(19)18-6-5-11-12(8-16)14(17)21-13(11)9-18/h10H,3-7,9,17H2,1-2H3/t10-/m0/s1. The second kappa shape index (κ2) is 6.92. The van der Waals surface area contributed by atoms with E-state index in [1.807, 2.05) is 11.8 Å². The van der Waals surface area contributed by atoms with Crippen LogP contribution in [0.5, 0.6) is 0 Å². The molecule has 1 atom stereocenters. The van der Waals surface area contributed by atoms with Crippen LogP contribution in [0.2, 0.25) is 0 Å². The number of ether oxygens (including phenoxy) is 1. The molecule has 0 fully saturated rings. The fourth-order valence-corrected chi connectivity index (χ4v) is 3.79. The van der Waals surface area contributed by atoms with Crippen molar-refractivity contribution in [3.8, 4) is 6.07 Å². The van der Waals surface area contributed by atoms with Gasteiger partial charge in [0.25, 0.3) is 0 Å². The van der Waals surface area contributed by atoms with E-state index < -0.39 is 0 Å². The summed E-state index contributed by atoms with van der Waals surface area (Å²) in [5.41, 5.74) is 7.52. The summed E-state index contributed by atoms with van der Waals surface area (Å²) in [6, 6.07) is 2.17. The van der Waals surface area contributed by atoms with Crippen molar-refractivity contribution < 1.29 is 9.53 Å². The summed E-state index contributed by atoms with van der Waals surface area (Å²) in [5.74, 6) is 0.191. The Kier molecular flexibility index (Phi) is 5.21. The number of nitrogens with zero attached hydrogens (tertiary/aromatic N) is 2. The van der Waals surface area contributed by atoms with Crippen LogP contribution < -0.4 is 5.73 Å². The third kappa shape index (κ3) is 3.36. The van der Waals surface area contributed by atoms with Crippen LogP contribution in [0.25, 0.3) is 0 Å². The summed E-state index contributed by atoms with van der Waals surface area (Å²) in [6.07, 6.45) is 2.46. The van der Waals surface area contributed by atoms with Crippen molar-refractivity contribution in [2.75, 3.05) is 26.0 Å². The average molecular weight is 307 g/mol. The molecular weight excluding hydrogens is 286 g/mol. The van der Waals surface area contributed by atoms with Crippen LogP contribution in [0.15, 0.2) is 0 Å². The fraction of sp³-hybridized carbons (Fsp3) is 0.600. The van der Waals surface area contributed by atoms with Crippen LogP contribution in [-0.2, 0) is 22.5 Å². The molecule has 6 heteroatoms. The van der Waals surface area contributed by atoms with Crippen molar-refractivity contribution in [2.24, 2.45) is 5.92 Å². The minimum Gasteiger partial charge on any atom is -0.389 e. The molecular formula is C15H21N3O2S. The molecule has 2 heterocycles. The molecule has 2 rings (SSSR count). The Labute approximate surface area is 129 Å². The third-order valence-corrected chi connectivity index (χ3v) is 4.96. The highest BCUT2D eigenvalue weighted by Gasteiger charge is 2.28. The molecule has 0 saturated heterocycles. The zero-order chi connectivity index (χ0) is 15.4. The zero-order valence-electron chi connectivity index (χ0n) is 12.5. The van der Waals surface area contributed by atoms with Gasteiger partial charge in [0.05, 0.1) is 12.1 Å². The molecule has 114 valence electrons. The predicted molar refractivity (Wildman–Crippen MR) is 82.8 cm³/mol. The number of rotatable bonds is 5. The number of thiophene rings is 1. The second-order valence-corrected chi connectivity index (χ2v) is 6.54. The number of nitriles is 1. The van der Waals surface area contributed by atoms with E-state index in [9.17, 15) is 4.79 Å². The van der Waals surface area contributed by atoms with Crippen LogP contribution in [-0.4, -0.2) is 31.1 Å². The Morgan fingerprint density at radius 3 is 3.05 bits per heavy atom. The first-order chi connectivity index (χ1) is 10.1. The van der Waals surface area contributed by atoms with Gasteiger partial charge in [-0.25, -0.2) is 0 Å². The van der Waals surface area contributed by atoms with Crippen LogP contribution >= 0.6 is 11.3 Å². The van der Waals surface area contributed by atoms with E-state index in [4.69, 9.17) is 15.7 Å². The van der Waals surface area contributed by atoms with Gasteiger partial charge in [-0.3, -0.25) is 4.79 Å². The Bertz CT molecular complexity index is 562. The quantitative estimate of drug-likeness (QED) is 0.845. The Morgan fingerprint density at radius 1 is 1.62 bits per heavy atom. The van der Waals surface area contributed by atoms with Gasteiger partial charge in [-0.2, -0.15) is 5.26 Å². The molecule has 0 radical (unpaired) electrons. The lowest BCUT2D eigenvalue weighted by molar-refractivity contribution is -0.136. The normalized spacial score (nSPS) is 15.4. The topological polar surface area (TPSA) is 79.3 Å². The maximum Gasteiger partial charge on any atom is 0.225 e. The highest BCUT2D eigenvalue weighted by atomic mass is 32.1. The summed E-state index contributed by atoms with van der Waals surface area (Å²) in [4.78, 5) is 15.4. The number of hydrogen-bond donors (Lipinski definition) is 1. The smallest absolute Gasteiger partial charge is 0.225 e. The van der Waals surface area contributed by atoms with Crippen molar-refractivity contribution in [2.45, 2.75) is 32.7 Å². The lowest BCUT2D eigenvalue weighted by Gasteiger charge is -2.29. The summed E-state index contributed by atoms with van der Waals surface area (Å²) in [7, 11) is 1.67. The molecule has 0 spiro atoms. The number of amides is 1. The minimum atomic E-state index is 0.00875. The predicted octanol–water partition coefficient (Wildman–Crippen LogP) is 2.15. The fourth-order valence-electron chi connectivity index (χ4n) is 2.70. The summed E-state index contributed by atoms with van der Waals surface area (Å²) < 4.78 is 5.02. The number of methoxy groups -OCH3 is 1. The van der Waals surface area contributed by atoms with Gasteiger partial charge in [0, 0.05) is 31.1 Å².